The summed E-state index contributed by atoms with van der Waals surface area (Å²) in [6, 6.07) is 0. The van der Waals surface area contributed by atoms with E-state index in [1.165, 1.54) is 0 Å². The molecule has 0 radical (unpaired) electrons. The first-order valence-electron chi connectivity index (χ1n) is 3.17. The number of halogens is 1. The third kappa shape index (κ3) is 1.70. The van der Waals surface area contributed by atoms with Gasteiger partial charge in [-0.2, -0.15) is 0 Å². The molecular formula is C6H9BrO3. The molecule has 1 rings (SSSR count). The number of hydrogen-bond donors (Lipinski definition) is 1. The molecule has 0 amide bonds. The molecular weight excluding hydrogens is 200 g/mol. The zero-order valence-electron chi connectivity index (χ0n) is 5.42. The minimum absolute atomic E-state index is 0.204. The van der Waals surface area contributed by atoms with Crippen molar-refractivity contribution in [1.82, 2.24) is 0 Å². The number of alkyl halides is 1. The highest BCUT2D eigenvalue weighted by Gasteiger charge is 2.28. The Morgan fingerprint density at radius 3 is 3.00 bits per heavy atom. The number of cyclic esters (lactones) is 1. The van der Waals surface area contributed by atoms with Gasteiger partial charge in [0.05, 0.1) is 0 Å². The molecule has 1 heterocycles. The van der Waals surface area contributed by atoms with Crippen molar-refractivity contribution in [1.29, 1.82) is 0 Å². The molecule has 58 valence electrons. The van der Waals surface area contributed by atoms with Crippen LogP contribution in [0.3, 0.4) is 0 Å². The second-order valence-electron chi connectivity index (χ2n) is 2.29. The first-order chi connectivity index (χ1) is 4.74. The van der Waals surface area contributed by atoms with Gasteiger partial charge in [-0.25, -0.2) is 0 Å². The van der Waals surface area contributed by atoms with E-state index in [0.29, 0.717) is 18.2 Å². The Morgan fingerprint density at radius 1 is 1.90 bits per heavy atom. The molecule has 2 atom stereocenters. The van der Waals surface area contributed by atoms with E-state index in [1.54, 1.807) is 0 Å². The molecule has 0 bridgehead atoms. The standard InChI is InChI=1S/C6H9BrO3/c7-3-4(8)5-1-2-6(9)10-5/h4-5,8H,1-3H2/t4-,5+/m1/s1. The predicted octanol–water partition coefficient (Wildman–Crippen LogP) is 0.448. The van der Waals surface area contributed by atoms with Crippen LogP contribution in [0.4, 0.5) is 0 Å². The van der Waals surface area contributed by atoms with Crippen LogP contribution in [0.25, 0.3) is 0 Å². The van der Waals surface area contributed by atoms with E-state index in [4.69, 9.17) is 9.84 Å². The van der Waals surface area contributed by atoms with Gasteiger partial charge in [0.25, 0.3) is 0 Å². The Labute approximate surface area is 67.5 Å². The van der Waals surface area contributed by atoms with Crippen LogP contribution in [-0.4, -0.2) is 28.6 Å². The molecule has 10 heavy (non-hydrogen) atoms. The summed E-state index contributed by atoms with van der Waals surface area (Å²) < 4.78 is 4.80. The van der Waals surface area contributed by atoms with Crippen LogP contribution >= 0.6 is 15.9 Å². The number of ether oxygens (including phenoxy) is 1. The first-order valence-corrected chi connectivity index (χ1v) is 4.29. The number of aliphatic hydroxyl groups excluding tert-OH is 1. The molecule has 0 aromatic carbocycles. The van der Waals surface area contributed by atoms with Crippen molar-refractivity contribution in [2.75, 3.05) is 5.33 Å². The van der Waals surface area contributed by atoms with Crippen LogP contribution in [-0.2, 0) is 9.53 Å². The number of carbonyl (C=O) groups is 1. The predicted molar refractivity (Wildman–Crippen MR) is 38.9 cm³/mol. The fourth-order valence-corrected chi connectivity index (χ4v) is 1.33. The summed E-state index contributed by atoms with van der Waals surface area (Å²) >= 11 is 3.10. The van der Waals surface area contributed by atoms with Gasteiger partial charge in [-0.05, 0) is 6.42 Å². The lowest BCUT2D eigenvalue weighted by Gasteiger charge is -2.13. The van der Waals surface area contributed by atoms with E-state index in [0.717, 1.165) is 0 Å². The Balaban J connectivity index is 2.36. The maximum atomic E-state index is 10.5. The van der Waals surface area contributed by atoms with Crippen molar-refractivity contribution >= 4 is 21.9 Å². The summed E-state index contributed by atoms with van der Waals surface area (Å²) in [4.78, 5) is 10.5. The number of carbonyl (C=O) groups excluding carboxylic acids is 1. The highest BCUT2D eigenvalue weighted by atomic mass is 79.9. The van der Waals surface area contributed by atoms with E-state index >= 15 is 0 Å². The monoisotopic (exact) mass is 208 g/mol. The molecule has 0 aliphatic carbocycles. The summed E-state index contributed by atoms with van der Waals surface area (Å²) in [5.41, 5.74) is 0. The molecule has 0 aromatic rings. The zero-order chi connectivity index (χ0) is 7.56. The quantitative estimate of drug-likeness (QED) is 0.530. The second-order valence-corrected chi connectivity index (χ2v) is 2.94. The lowest BCUT2D eigenvalue weighted by atomic mass is 10.2. The molecule has 1 saturated heterocycles. The summed E-state index contributed by atoms with van der Waals surface area (Å²) in [6.07, 6.45) is 0.249. The topological polar surface area (TPSA) is 46.5 Å². The molecule has 3 nitrogen and oxygen atoms in total. The van der Waals surface area contributed by atoms with Crippen LogP contribution in [0.5, 0.6) is 0 Å². The maximum Gasteiger partial charge on any atom is 0.306 e. The average Bonchev–Trinajstić information content (AvgIpc) is 2.34. The molecule has 1 aliphatic rings. The Morgan fingerprint density at radius 2 is 2.60 bits per heavy atom. The summed E-state index contributed by atoms with van der Waals surface area (Å²) in [6.45, 7) is 0. The van der Waals surface area contributed by atoms with Crippen LogP contribution < -0.4 is 0 Å². The van der Waals surface area contributed by atoms with Crippen molar-refractivity contribution in [3.05, 3.63) is 0 Å². The fourth-order valence-electron chi connectivity index (χ4n) is 0.917. The van der Waals surface area contributed by atoms with Gasteiger partial charge >= 0.3 is 5.97 Å². The van der Waals surface area contributed by atoms with Gasteiger partial charge in [-0.3, -0.25) is 4.79 Å². The molecule has 0 unspecified atom stereocenters. The fraction of sp³-hybridized carbons (Fsp3) is 0.833. The van der Waals surface area contributed by atoms with Gasteiger partial charge in [0.2, 0.25) is 0 Å². The van der Waals surface area contributed by atoms with E-state index < -0.39 is 6.10 Å². The molecule has 4 heteroatoms. The number of rotatable bonds is 2. The minimum Gasteiger partial charge on any atom is -0.460 e. The summed E-state index contributed by atoms with van der Waals surface area (Å²) in [5, 5.41) is 9.61. The molecule has 0 spiro atoms. The summed E-state index contributed by atoms with van der Waals surface area (Å²) in [5.74, 6) is -0.204. The van der Waals surface area contributed by atoms with E-state index in [2.05, 4.69) is 15.9 Å². The highest BCUT2D eigenvalue weighted by molar-refractivity contribution is 9.09. The van der Waals surface area contributed by atoms with Gasteiger partial charge < -0.3 is 9.84 Å². The average molecular weight is 209 g/mol. The van der Waals surface area contributed by atoms with E-state index in [-0.39, 0.29) is 12.1 Å². The van der Waals surface area contributed by atoms with Crippen molar-refractivity contribution in [3.8, 4) is 0 Å². The third-order valence-corrected chi connectivity index (χ3v) is 2.17. The van der Waals surface area contributed by atoms with Crippen LogP contribution in [0.1, 0.15) is 12.8 Å². The number of esters is 1. The van der Waals surface area contributed by atoms with Crippen molar-refractivity contribution in [2.24, 2.45) is 0 Å². The van der Waals surface area contributed by atoms with Gasteiger partial charge in [-0.15, -0.1) is 0 Å². The molecule has 1 aliphatic heterocycles. The Bertz CT molecular complexity index is 137. The molecule has 1 fully saturated rings. The highest BCUT2D eigenvalue weighted by Crippen LogP contribution is 2.17. The van der Waals surface area contributed by atoms with Crippen LogP contribution in [0, 0.1) is 0 Å². The summed E-state index contributed by atoms with van der Waals surface area (Å²) in [7, 11) is 0. The smallest absolute Gasteiger partial charge is 0.306 e. The molecule has 1 N–H and O–H groups in total. The number of hydrogen-bond acceptors (Lipinski definition) is 3. The maximum absolute atomic E-state index is 10.5. The van der Waals surface area contributed by atoms with E-state index in [1.807, 2.05) is 0 Å². The van der Waals surface area contributed by atoms with E-state index in [9.17, 15) is 4.79 Å². The van der Waals surface area contributed by atoms with Crippen molar-refractivity contribution in [2.45, 2.75) is 25.0 Å². The van der Waals surface area contributed by atoms with Crippen LogP contribution in [0.2, 0.25) is 0 Å². The molecule has 0 saturated carbocycles. The van der Waals surface area contributed by atoms with Gasteiger partial charge in [0.15, 0.2) is 0 Å². The van der Waals surface area contributed by atoms with Gasteiger partial charge in [-0.1, -0.05) is 15.9 Å². The normalized spacial score (nSPS) is 28.2. The Hall–Kier alpha value is -0.0900. The lowest BCUT2D eigenvalue weighted by Crippen LogP contribution is -2.26. The van der Waals surface area contributed by atoms with Gasteiger partial charge in [0, 0.05) is 11.8 Å². The Kier molecular flexibility index (Phi) is 2.68. The minimum atomic E-state index is -0.550. The zero-order valence-corrected chi connectivity index (χ0v) is 7.00. The lowest BCUT2D eigenvalue weighted by molar-refractivity contribution is -0.144. The third-order valence-electron chi connectivity index (χ3n) is 1.50. The first kappa shape index (κ1) is 8.01. The second kappa shape index (κ2) is 3.34. The SMILES string of the molecule is O=C1CC[C@@H]([C@H](O)CBr)O1. The van der Waals surface area contributed by atoms with Crippen molar-refractivity contribution in [3.63, 3.8) is 0 Å². The van der Waals surface area contributed by atoms with Gasteiger partial charge in [0.1, 0.15) is 12.2 Å². The largest absolute Gasteiger partial charge is 0.460 e. The number of aliphatic hydroxyl groups is 1. The van der Waals surface area contributed by atoms with Crippen molar-refractivity contribution < 1.29 is 14.6 Å². The van der Waals surface area contributed by atoms with Crippen LogP contribution in [0.15, 0.2) is 0 Å². The molecule has 0 aromatic heterocycles.